The highest BCUT2D eigenvalue weighted by Gasteiger charge is 2.07. The first-order valence-electron chi connectivity index (χ1n) is 6.62. The Hall–Kier alpha value is -2.41. The number of hydrogen-bond donors (Lipinski definition) is 2. The van der Waals surface area contributed by atoms with Crippen LogP contribution in [-0.2, 0) is 11.2 Å². The van der Waals surface area contributed by atoms with Crippen molar-refractivity contribution < 1.29 is 19.0 Å². The van der Waals surface area contributed by atoms with Crippen molar-refractivity contribution in [2.24, 2.45) is 5.10 Å². The summed E-state index contributed by atoms with van der Waals surface area (Å²) in [5.41, 5.74) is 3.71. The second-order valence-electron chi connectivity index (χ2n) is 4.65. The van der Waals surface area contributed by atoms with Crippen molar-refractivity contribution in [3.8, 4) is 11.5 Å². The average Bonchev–Trinajstić information content (AvgIpc) is 2.53. The summed E-state index contributed by atoms with van der Waals surface area (Å²) in [6.45, 7) is 0. The summed E-state index contributed by atoms with van der Waals surface area (Å²) in [6.07, 6.45) is 1.52. The van der Waals surface area contributed by atoms with Crippen molar-refractivity contribution in [2.75, 3.05) is 7.11 Å². The fraction of sp³-hybridized carbons (Fsp3) is 0.125. The Kier molecular flexibility index (Phi) is 5.70. The van der Waals surface area contributed by atoms with Gasteiger partial charge >= 0.3 is 0 Å². The van der Waals surface area contributed by atoms with Gasteiger partial charge in [-0.25, -0.2) is 9.82 Å². The van der Waals surface area contributed by atoms with Crippen LogP contribution in [0, 0.1) is 5.82 Å². The molecule has 0 spiro atoms. The lowest BCUT2D eigenvalue weighted by atomic mass is 10.1. The zero-order chi connectivity index (χ0) is 16.8. The molecule has 0 radical (unpaired) electrons. The van der Waals surface area contributed by atoms with Crippen molar-refractivity contribution in [2.45, 2.75) is 6.42 Å². The maximum atomic E-state index is 12.8. The van der Waals surface area contributed by atoms with Gasteiger partial charge in [0.05, 0.1) is 24.2 Å². The van der Waals surface area contributed by atoms with Crippen LogP contribution >= 0.6 is 15.9 Å². The van der Waals surface area contributed by atoms with Gasteiger partial charge in [-0.3, -0.25) is 4.79 Å². The number of aromatic hydroxyl groups is 1. The zero-order valence-electron chi connectivity index (χ0n) is 12.2. The molecule has 2 rings (SSSR count). The summed E-state index contributed by atoms with van der Waals surface area (Å²) in [7, 11) is 1.44. The van der Waals surface area contributed by atoms with Crippen LogP contribution < -0.4 is 10.2 Å². The third kappa shape index (κ3) is 4.79. The maximum Gasteiger partial charge on any atom is 0.244 e. The molecule has 0 heterocycles. The van der Waals surface area contributed by atoms with Gasteiger partial charge in [-0.1, -0.05) is 12.1 Å². The molecule has 2 aromatic carbocycles. The Morgan fingerprint density at radius 3 is 2.74 bits per heavy atom. The van der Waals surface area contributed by atoms with E-state index in [4.69, 9.17) is 4.74 Å². The molecule has 1 amide bonds. The molecule has 0 fully saturated rings. The van der Waals surface area contributed by atoms with E-state index in [1.807, 2.05) is 0 Å². The third-order valence-electron chi connectivity index (χ3n) is 2.95. The van der Waals surface area contributed by atoms with Gasteiger partial charge in [-0.15, -0.1) is 0 Å². The highest BCUT2D eigenvalue weighted by molar-refractivity contribution is 9.10. The summed E-state index contributed by atoms with van der Waals surface area (Å²) in [4.78, 5) is 11.7. The van der Waals surface area contributed by atoms with E-state index in [2.05, 4.69) is 26.5 Å². The lowest BCUT2D eigenvalue weighted by Gasteiger charge is -2.06. The minimum atomic E-state index is -0.348. The second-order valence-corrected chi connectivity index (χ2v) is 5.50. The number of carbonyl (C=O) groups is 1. The van der Waals surface area contributed by atoms with E-state index in [-0.39, 0.29) is 23.9 Å². The second kappa shape index (κ2) is 7.73. The number of hydrogen-bond acceptors (Lipinski definition) is 4. The van der Waals surface area contributed by atoms with Crippen molar-refractivity contribution in [3.05, 3.63) is 57.8 Å². The number of nitrogens with one attached hydrogen (secondary N) is 1. The monoisotopic (exact) mass is 380 g/mol. The molecule has 0 atom stereocenters. The molecular formula is C16H14BrFN2O3. The molecule has 0 aliphatic carbocycles. The third-order valence-corrected chi connectivity index (χ3v) is 3.56. The first-order chi connectivity index (χ1) is 11.0. The van der Waals surface area contributed by atoms with Crippen molar-refractivity contribution in [3.63, 3.8) is 0 Å². The highest BCUT2D eigenvalue weighted by Crippen LogP contribution is 2.34. The van der Waals surface area contributed by atoms with Crippen LogP contribution in [0.15, 0.2) is 46.0 Å². The number of phenols is 1. The van der Waals surface area contributed by atoms with Gasteiger partial charge in [0.1, 0.15) is 5.82 Å². The number of phenolic OH excluding ortho intramolecular Hbond substituents is 1. The molecular weight excluding hydrogens is 367 g/mol. The van der Waals surface area contributed by atoms with Gasteiger partial charge in [-0.2, -0.15) is 5.10 Å². The van der Waals surface area contributed by atoms with Crippen LogP contribution in [0.4, 0.5) is 4.39 Å². The first-order valence-corrected chi connectivity index (χ1v) is 7.41. The van der Waals surface area contributed by atoms with E-state index >= 15 is 0 Å². The average molecular weight is 381 g/mol. The van der Waals surface area contributed by atoms with Crippen molar-refractivity contribution >= 4 is 28.1 Å². The van der Waals surface area contributed by atoms with E-state index in [1.165, 1.54) is 25.5 Å². The molecule has 2 aromatic rings. The van der Waals surface area contributed by atoms with Crippen LogP contribution in [0.5, 0.6) is 11.5 Å². The molecule has 0 saturated heterocycles. The van der Waals surface area contributed by atoms with Crippen LogP contribution in [0.2, 0.25) is 0 Å². The minimum absolute atomic E-state index is 0.00926. The normalized spacial score (nSPS) is 10.7. The number of halogens is 2. The van der Waals surface area contributed by atoms with Gasteiger partial charge < -0.3 is 9.84 Å². The smallest absolute Gasteiger partial charge is 0.244 e. The van der Waals surface area contributed by atoms with Crippen LogP contribution in [0.3, 0.4) is 0 Å². The Balaban J connectivity index is 1.97. The summed E-state index contributed by atoms with van der Waals surface area (Å²) < 4.78 is 18.3. The van der Waals surface area contributed by atoms with Crippen molar-refractivity contribution in [1.82, 2.24) is 5.43 Å². The molecule has 0 aliphatic heterocycles. The Labute approximate surface area is 140 Å². The fourth-order valence-electron chi connectivity index (χ4n) is 1.83. The number of ether oxygens (including phenoxy) is 1. The van der Waals surface area contributed by atoms with E-state index in [1.54, 1.807) is 24.3 Å². The summed E-state index contributed by atoms with van der Waals surface area (Å²) >= 11 is 3.20. The number of hydrazone groups is 1. The molecule has 7 heteroatoms. The molecule has 2 N–H and O–H groups in total. The number of benzene rings is 2. The molecule has 23 heavy (non-hydrogen) atoms. The molecule has 0 aromatic heterocycles. The van der Waals surface area contributed by atoms with Crippen molar-refractivity contribution in [1.29, 1.82) is 0 Å². The largest absolute Gasteiger partial charge is 0.503 e. The minimum Gasteiger partial charge on any atom is -0.503 e. The Morgan fingerprint density at radius 1 is 1.39 bits per heavy atom. The van der Waals surface area contributed by atoms with Gasteiger partial charge in [0.25, 0.3) is 0 Å². The quantitative estimate of drug-likeness (QED) is 0.618. The van der Waals surface area contributed by atoms with Gasteiger partial charge in [0.2, 0.25) is 5.91 Å². The lowest BCUT2D eigenvalue weighted by Crippen LogP contribution is -2.19. The van der Waals surface area contributed by atoms with E-state index in [0.29, 0.717) is 21.3 Å². The van der Waals surface area contributed by atoms with Gasteiger partial charge in [0.15, 0.2) is 11.5 Å². The highest BCUT2D eigenvalue weighted by atomic mass is 79.9. The molecule has 0 bridgehead atoms. The number of amides is 1. The lowest BCUT2D eigenvalue weighted by molar-refractivity contribution is -0.120. The Morgan fingerprint density at radius 2 is 2.09 bits per heavy atom. The number of rotatable bonds is 5. The van der Waals surface area contributed by atoms with Crippen LogP contribution in [0.25, 0.3) is 0 Å². The fourth-order valence-corrected chi connectivity index (χ4v) is 2.29. The van der Waals surface area contributed by atoms with Crippen LogP contribution in [0.1, 0.15) is 11.1 Å². The van der Waals surface area contributed by atoms with Gasteiger partial charge in [-0.05, 0) is 51.3 Å². The molecule has 0 unspecified atom stereocenters. The zero-order valence-corrected chi connectivity index (χ0v) is 13.8. The molecule has 0 saturated carbocycles. The SMILES string of the molecule is COc1cc(/C=N/NC(=O)Cc2ccc(F)cc2)cc(Br)c1O. The molecule has 5 nitrogen and oxygen atoms in total. The predicted molar refractivity (Wildman–Crippen MR) is 88.2 cm³/mol. The van der Waals surface area contributed by atoms with E-state index in [0.717, 1.165) is 0 Å². The van der Waals surface area contributed by atoms with Gasteiger partial charge in [0, 0.05) is 0 Å². The summed E-state index contributed by atoms with van der Waals surface area (Å²) in [6, 6.07) is 8.89. The number of nitrogens with zero attached hydrogens (tertiary/aromatic N) is 1. The standard InChI is InChI=1S/C16H14BrFN2O3/c1-23-14-7-11(6-13(17)16(14)22)9-19-20-15(21)8-10-2-4-12(18)5-3-10/h2-7,9,22H,8H2,1H3,(H,20,21)/b19-9+. The maximum absolute atomic E-state index is 12.8. The van der Waals surface area contributed by atoms with Crippen LogP contribution in [-0.4, -0.2) is 24.3 Å². The predicted octanol–water partition coefficient (Wildman–Crippen LogP) is 3.00. The number of carbonyl (C=O) groups excluding carboxylic acids is 1. The summed E-state index contributed by atoms with van der Waals surface area (Å²) in [5.74, 6) is -0.389. The number of methoxy groups -OCH3 is 1. The topological polar surface area (TPSA) is 70.9 Å². The molecule has 0 aliphatic rings. The van der Waals surface area contributed by atoms with E-state index < -0.39 is 0 Å². The Bertz CT molecular complexity index is 733. The molecule has 120 valence electrons. The summed E-state index contributed by atoms with van der Waals surface area (Å²) in [5, 5.41) is 13.6. The van der Waals surface area contributed by atoms with E-state index in [9.17, 15) is 14.3 Å². The first kappa shape index (κ1) is 17.0.